The first-order valence-electron chi connectivity index (χ1n) is 7.57. The van der Waals surface area contributed by atoms with Crippen molar-refractivity contribution in [3.63, 3.8) is 0 Å². The molecule has 28 heavy (non-hydrogen) atoms. The standard InChI is InChI=1S/C18H14F5NO3S/c1-26-10-4-3-8(5-11(10)27-2)7-28-12(18(24)25)6-9-13(19)15(21)17(23)16(22)14(9)20/h3-6H,7H2,1-2H3,(H2,24,25)/b12-6+. The number of methoxy groups -OCH3 is 2. The molecule has 0 aliphatic heterocycles. The Labute approximate surface area is 161 Å². The van der Waals surface area contributed by atoms with E-state index in [2.05, 4.69) is 0 Å². The number of thioether (sulfide) groups is 1. The number of amides is 1. The van der Waals surface area contributed by atoms with E-state index in [1.165, 1.54) is 14.2 Å². The van der Waals surface area contributed by atoms with Crippen LogP contribution in [-0.2, 0) is 10.5 Å². The van der Waals surface area contributed by atoms with Gasteiger partial charge in [0.15, 0.2) is 34.8 Å². The zero-order chi connectivity index (χ0) is 21.0. The van der Waals surface area contributed by atoms with Crippen molar-refractivity contribution in [1.82, 2.24) is 0 Å². The molecule has 0 atom stereocenters. The van der Waals surface area contributed by atoms with Crippen LogP contribution in [-0.4, -0.2) is 20.1 Å². The number of benzene rings is 2. The van der Waals surface area contributed by atoms with Crippen molar-refractivity contribution in [2.75, 3.05) is 14.2 Å². The molecular formula is C18H14F5NO3S. The molecule has 0 spiro atoms. The Morgan fingerprint density at radius 3 is 2.00 bits per heavy atom. The molecule has 0 heterocycles. The quantitative estimate of drug-likeness (QED) is 0.317. The number of carbonyl (C=O) groups is 1. The maximum Gasteiger partial charge on any atom is 0.255 e. The molecule has 0 fully saturated rings. The first kappa shape index (κ1) is 21.5. The van der Waals surface area contributed by atoms with Gasteiger partial charge in [0.25, 0.3) is 5.91 Å². The molecule has 150 valence electrons. The molecule has 0 saturated carbocycles. The van der Waals surface area contributed by atoms with E-state index in [-0.39, 0.29) is 5.75 Å². The average Bonchev–Trinajstić information content (AvgIpc) is 2.69. The van der Waals surface area contributed by atoms with Crippen molar-refractivity contribution in [2.24, 2.45) is 5.73 Å². The number of hydrogen-bond donors (Lipinski definition) is 1. The van der Waals surface area contributed by atoms with Gasteiger partial charge in [0.1, 0.15) is 0 Å². The molecule has 0 aliphatic carbocycles. The highest BCUT2D eigenvalue weighted by Gasteiger charge is 2.25. The third-order valence-electron chi connectivity index (χ3n) is 3.60. The molecule has 0 aliphatic rings. The number of hydrogen-bond acceptors (Lipinski definition) is 4. The zero-order valence-corrected chi connectivity index (χ0v) is 15.4. The Hall–Kier alpha value is -2.75. The molecule has 0 bridgehead atoms. The number of halogens is 5. The highest BCUT2D eigenvalue weighted by Crippen LogP contribution is 2.32. The lowest BCUT2D eigenvalue weighted by atomic mass is 10.1. The summed E-state index contributed by atoms with van der Waals surface area (Å²) in [5.74, 6) is -10.7. The van der Waals surface area contributed by atoms with E-state index in [0.717, 1.165) is 11.8 Å². The van der Waals surface area contributed by atoms with E-state index >= 15 is 0 Å². The molecule has 2 N–H and O–H groups in total. The van der Waals surface area contributed by atoms with Gasteiger partial charge in [0, 0.05) is 5.75 Å². The van der Waals surface area contributed by atoms with Crippen LogP contribution >= 0.6 is 11.8 Å². The van der Waals surface area contributed by atoms with Crippen LogP contribution < -0.4 is 15.2 Å². The molecule has 0 aromatic heterocycles. The van der Waals surface area contributed by atoms with Crippen molar-refractivity contribution >= 4 is 23.7 Å². The van der Waals surface area contributed by atoms with Crippen LogP contribution in [0.3, 0.4) is 0 Å². The Kier molecular flexibility index (Phi) is 6.90. The van der Waals surface area contributed by atoms with Gasteiger partial charge >= 0.3 is 0 Å². The summed E-state index contributed by atoms with van der Waals surface area (Å²) in [6.07, 6.45) is 0.532. The lowest BCUT2D eigenvalue weighted by Crippen LogP contribution is -2.13. The summed E-state index contributed by atoms with van der Waals surface area (Å²) in [6.45, 7) is 0. The highest BCUT2D eigenvalue weighted by atomic mass is 32.2. The van der Waals surface area contributed by atoms with E-state index < -0.39 is 45.5 Å². The summed E-state index contributed by atoms with van der Waals surface area (Å²) in [7, 11) is 2.87. The fraction of sp³-hybridized carbons (Fsp3) is 0.167. The SMILES string of the molecule is COc1ccc(CS/C(=C/c2c(F)c(F)c(F)c(F)c2F)C(N)=O)cc1OC. The van der Waals surface area contributed by atoms with E-state index in [4.69, 9.17) is 15.2 Å². The summed E-state index contributed by atoms with van der Waals surface area (Å²) < 4.78 is 77.6. The fourth-order valence-electron chi connectivity index (χ4n) is 2.20. The Morgan fingerprint density at radius 2 is 1.50 bits per heavy atom. The van der Waals surface area contributed by atoms with Gasteiger partial charge in [-0.2, -0.15) is 0 Å². The summed E-state index contributed by atoms with van der Waals surface area (Å²) in [5.41, 5.74) is 4.56. The largest absolute Gasteiger partial charge is 0.493 e. The number of primary amides is 1. The molecule has 0 unspecified atom stereocenters. The van der Waals surface area contributed by atoms with Gasteiger partial charge in [0.2, 0.25) is 5.82 Å². The normalized spacial score (nSPS) is 11.5. The topological polar surface area (TPSA) is 61.5 Å². The van der Waals surface area contributed by atoms with Crippen LogP contribution in [0.5, 0.6) is 11.5 Å². The lowest BCUT2D eigenvalue weighted by molar-refractivity contribution is -0.113. The first-order valence-corrected chi connectivity index (χ1v) is 8.56. The average molecular weight is 419 g/mol. The highest BCUT2D eigenvalue weighted by molar-refractivity contribution is 8.03. The Bertz CT molecular complexity index is 920. The predicted octanol–water partition coefficient (Wildman–Crippen LogP) is 4.16. The van der Waals surface area contributed by atoms with Crippen LogP contribution in [0.1, 0.15) is 11.1 Å². The summed E-state index contributed by atoms with van der Waals surface area (Å²) in [4.78, 5) is 11.2. The van der Waals surface area contributed by atoms with Gasteiger partial charge in [-0.3, -0.25) is 4.79 Å². The summed E-state index contributed by atoms with van der Waals surface area (Å²) in [5, 5.41) is 0. The van der Waals surface area contributed by atoms with Crippen LogP contribution in [0.25, 0.3) is 6.08 Å². The fourth-order valence-corrected chi connectivity index (χ4v) is 3.04. The maximum absolute atomic E-state index is 13.8. The van der Waals surface area contributed by atoms with Crippen molar-refractivity contribution < 1.29 is 36.2 Å². The molecule has 2 rings (SSSR count). The van der Waals surface area contributed by atoms with Gasteiger partial charge in [-0.25, -0.2) is 22.0 Å². The number of ether oxygens (including phenoxy) is 2. The van der Waals surface area contributed by atoms with Crippen LogP contribution in [0.15, 0.2) is 23.1 Å². The van der Waals surface area contributed by atoms with Gasteiger partial charge in [-0.15, -0.1) is 11.8 Å². The number of rotatable bonds is 7. The maximum atomic E-state index is 13.8. The van der Waals surface area contributed by atoms with Crippen molar-refractivity contribution in [1.29, 1.82) is 0 Å². The number of nitrogens with two attached hydrogens (primary N) is 1. The second-order valence-corrected chi connectivity index (χ2v) is 6.35. The van der Waals surface area contributed by atoms with Crippen molar-refractivity contribution in [3.05, 3.63) is 63.3 Å². The van der Waals surface area contributed by atoms with Crippen molar-refractivity contribution in [3.8, 4) is 11.5 Å². The monoisotopic (exact) mass is 419 g/mol. The minimum Gasteiger partial charge on any atom is -0.493 e. The van der Waals surface area contributed by atoms with E-state index in [1.54, 1.807) is 18.2 Å². The predicted molar refractivity (Wildman–Crippen MR) is 94.2 cm³/mol. The van der Waals surface area contributed by atoms with Gasteiger partial charge in [-0.1, -0.05) is 6.07 Å². The molecule has 1 amide bonds. The molecule has 0 radical (unpaired) electrons. The Morgan fingerprint density at radius 1 is 0.964 bits per heavy atom. The third-order valence-corrected chi connectivity index (χ3v) is 4.71. The molecular weight excluding hydrogens is 405 g/mol. The second-order valence-electron chi connectivity index (χ2n) is 5.33. The van der Waals surface area contributed by atoms with Gasteiger partial charge in [0.05, 0.1) is 24.7 Å². The minimum absolute atomic E-state index is 0.102. The molecule has 0 saturated heterocycles. The van der Waals surface area contributed by atoms with E-state index in [0.29, 0.717) is 23.1 Å². The van der Waals surface area contributed by atoms with E-state index in [1.807, 2.05) is 0 Å². The van der Waals surface area contributed by atoms with Crippen LogP contribution in [0.2, 0.25) is 0 Å². The van der Waals surface area contributed by atoms with Gasteiger partial charge in [-0.05, 0) is 23.8 Å². The lowest BCUT2D eigenvalue weighted by Gasteiger charge is -2.10. The molecule has 2 aromatic rings. The summed E-state index contributed by atoms with van der Waals surface area (Å²) in [6, 6.07) is 4.85. The molecule has 2 aromatic carbocycles. The smallest absolute Gasteiger partial charge is 0.255 e. The Balaban J connectivity index is 2.37. The van der Waals surface area contributed by atoms with E-state index in [9.17, 15) is 26.7 Å². The zero-order valence-electron chi connectivity index (χ0n) is 14.6. The molecule has 10 heteroatoms. The minimum atomic E-state index is -2.29. The second kappa shape index (κ2) is 8.96. The van der Waals surface area contributed by atoms with Gasteiger partial charge < -0.3 is 15.2 Å². The number of carbonyl (C=O) groups excluding carboxylic acids is 1. The van der Waals surface area contributed by atoms with Crippen LogP contribution in [0, 0.1) is 29.1 Å². The molecule has 4 nitrogen and oxygen atoms in total. The van der Waals surface area contributed by atoms with Crippen molar-refractivity contribution in [2.45, 2.75) is 5.75 Å². The first-order chi connectivity index (χ1) is 13.2. The summed E-state index contributed by atoms with van der Waals surface area (Å²) >= 11 is 0.762. The van der Waals surface area contributed by atoms with Crippen LogP contribution in [0.4, 0.5) is 22.0 Å². The third kappa shape index (κ3) is 4.38.